The summed E-state index contributed by atoms with van der Waals surface area (Å²) < 4.78 is 54.7. The molecule has 2 aliphatic heterocycles. The Morgan fingerprint density at radius 2 is 1.81 bits per heavy atom. The standard InChI is InChI=1S/C17H22N2O6S2/c1-25-15-2-4-16(5-3-15)27(23,24)19-9-6-13(7-10-19)17(20)18-14-8-11-26(21,22)12-14/h2-5,8,11,13-14H,6-7,9-10,12H2,1H3,(H,18,20). The minimum absolute atomic E-state index is 0.122. The summed E-state index contributed by atoms with van der Waals surface area (Å²) in [5, 5.41) is 3.83. The monoisotopic (exact) mass is 414 g/mol. The van der Waals surface area contributed by atoms with Crippen molar-refractivity contribution in [3.05, 3.63) is 35.7 Å². The molecule has 0 bridgehead atoms. The van der Waals surface area contributed by atoms with Crippen molar-refractivity contribution >= 4 is 25.8 Å². The van der Waals surface area contributed by atoms with Gasteiger partial charge in [0.15, 0.2) is 9.84 Å². The van der Waals surface area contributed by atoms with Gasteiger partial charge in [-0.05, 0) is 43.2 Å². The van der Waals surface area contributed by atoms with E-state index in [1.807, 2.05) is 0 Å². The van der Waals surface area contributed by atoms with Gasteiger partial charge in [-0.25, -0.2) is 16.8 Å². The summed E-state index contributed by atoms with van der Waals surface area (Å²) in [6, 6.07) is 5.68. The van der Waals surface area contributed by atoms with Crippen LogP contribution in [-0.4, -0.2) is 59.0 Å². The smallest absolute Gasteiger partial charge is 0.243 e. The number of carbonyl (C=O) groups is 1. The normalized spacial score (nSPS) is 23.2. The molecule has 10 heteroatoms. The summed E-state index contributed by atoms with van der Waals surface area (Å²) >= 11 is 0. The van der Waals surface area contributed by atoms with Gasteiger partial charge in [-0.2, -0.15) is 4.31 Å². The van der Waals surface area contributed by atoms with Crippen LogP contribution < -0.4 is 10.1 Å². The van der Waals surface area contributed by atoms with E-state index in [0.717, 1.165) is 5.41 Å². The second-order valence-electron chi connectivity index (χ2n) is 6.63. The van der Waals surface area contributed by atoms with Gasteiger partial charge in [-0.1, -0.05) is 0 Å². The topological polar surface area (TPSA) is 110 Å². The maximum absolute atomic E-state index is 12.7. The van der Waals surface area contributed by atoms with E-state index in [0.29, 0.717) is 18.6 Å². The number of sulfone groups is 1. The first-order valence-electron chi connectivity index (χ1n) is 8.57. The quantitative estimate of drug-likeness (QED) is 0.752. The minimum atomic E-state index is -3.62. The maximum atomic E-state index is 12.7. The fraction of sp³-hybridized carbons (Fsp3) is 0.471. The number of sulfonamides is 1. The Labute approximate surface area is 159 Å². The molecule has 27 heavy (non-hydrogen) atoms. The lowest BCUT2D eigenvalue weighted by Gasteiger charge is -2.31. The largest absolute Gasteiger partial charge is 0.497 e. The van der Waals surface area contributed by atoms with Gasteiger partial charge in [0.25, 0.3) is 0 Å². The van der Waals surface area contributed by atoms with Gasteiger partial charge >= 0.3 is 0 Å². The van der Waals surface area contributed by atoms with Crippen LogP contribution in [0.2, 0.25) is 0 Å². The number of methoxy groups -OCH3 is 1. The summed E-state index contributed by atoms with van der Waals surface area (Å²) in [6.45, 7) is 0.483. The van der Waals surface area contributed by atoms with Crippen molar-refractivity contribution in [1.29, 1.82) is 0 Å². The van der Waals surface area contributed by atoms with Crippen LogP contribution >= 0.6 is 0 Å². The number of rotatable bonds is 5. The first-order valence-corrected chi connectivity index (χ1v) is 11.7. The van der Waals surface area contributed by atoms with Gasteiger partial charge in [0.05, 0.1) is 23.8 Å². The molecule has 0 saturated carbocycles. The first kappa shape index (κ1) is 19.8. The van der Waals surface area contributed by atoms with E-state index >= 15 is 0 Å². The number of nitrogens with zero attached hydrogens (tertiary/aromatic N) is 1. The Morgan fingerprint density at radius 3 is 2.33 bits per heavy atom. The Kier molecular flexibility index (Phi) is 5.59. The van der Waals surface area contributed by atoms with Crippen LogP contribution in [0.25, 0.3) is 0 Å². The fourth-order valence-electron chi connectivity index (χ4n) is 3.22. The Hall–Kier alpha value is -1.91. The number of amides is 1. The number of nitrogens with one attached hydrogen (secondary N) is 1. The third-order valence-electron chi connectivity index (χ3n) is 4.78. The molecule has 1 atom stereocenters. The molecule has 0 radical (unpaired) electrons. The van der Waals surface area contributed by atoms with E-state index in [9.17, 15) is 21.6 Å². The second kappa shape index (κ2) is 7.61. The second-order valence-corrected chi connectivity index (χ2v) is 10.5. The van der Waals surface area contributed by atoms with Crippen molar-refractivity contribution in [2.24, 2.45) is 5.92 Å². The zero-order valence-electron chi connectivity index (χ0n) is 14.9. The van der Waals surface area contributed by atoms with Crippen LogP contribution in [-0.2, 0) is 24.7 Å². The molecule has 1 N–H and O–H groups in total. The number of benzene rings is 1. The number of carbonyl (C=O) groups excluding carboxylic acids is 1. The molecule has 1 unspecified atom stereocenters. The lowest BCUT2D eigenvalue weighted by molar-refractivity contribution is -0.126. The summed E-state index contributed by atoms with van der Waals surface area (Å²) in [5.74, 6) is -0.108. The highest BCUT2D eigenvalue weighted by molar-refractivity contribution is 7.94. The molecule has 148 valence electrons. The molecular formula is C17H22N2O6S2. The zero-order valence-corrected chi connectivity index (χ0v) is 16.5. The number of ether oxygens (including phenoxy) is 1. The number of hydrogen-bond donors (Lipinski definition) is 1. The molecule has 1 amide bonds. The molecule has 0 aliphatic carbocycles. The number of piperidine rings is 1. The zero-order chi connectivity index (χ0) is 19.7. The SMILES string of the molecule is COc1ccc(S(=O)(=O)N2CCC(C(=O)NC3C=CS(=O)(=O)C3)CC2)cc1. The average Bonchev–Trinajstić information content (AvgIpc) is 3.00. The van der Waals surface area contributed by atoms with Gasteiger partial charge < -0.3 is 10.1 Å². The van der Waals surface area contributed by atoms with Crippen LogP contribution in [0.5, 0.6) is 5.75 Å². The lowest BCUT2D eigenvalue weighted by Crippen LogP contribution is -2.45. The molecule has 1 saturated heterocycles. The molecule has 1 aromatic rings. The highest BCUT2D eigenvalue weighted by Gasteiger charge is 2.33. The van der Waals surface area contributed by atoms with E-state index in [1.165, 1.54) is 29.6 Å². The molecule has 1 aromatic carbocycles. The average molecular weight is 415 g/mol. The van der Waals surface area contributed by atoms with Crippen LogP contribution in [0.4, 0.5) is 0 Å². The molecule has 3 rings (SSSR count). The fourth-order valence-corrected chi connectivity index (χ4v) is 5.93. The highest BCUT2D eigenvalue weighted by atomic mass is 32.2. The molecule has 8 nitrogen and oxygen atoms in total. The van der Waals surface area contributed by atoms with Crippen molar-refractivity contribution in [2.75, 3.05) is 26.0 Å². The van der Waals surface area contributed by atoms with E-state index in [1.54, 1.807) is 12.1 Å². The van der Waals surface area contributed by atoms with Crippen molar-refractivity contribution in [3.63, 3.8) is 0 Å². The Balaban J connectivity index is 1.57. The van der Waals surface area contributed by atoms with E-state index in [2.05, 4.69) is 5.32 Å². The minimum Gasteiger partial charge on any atom is -0.497 e. The molecular weight excluding hydrogens is 392 g/mol. The van der Waals surface area contributed by atoms with Crippen molar-refractivity contribution in [1.82, 2.24) is 9.62 Å². The molecule has 2 aliphatic rings. The van der Waals surface area contributed by atoms with Gasteiger partial charge in [-0.3, -0.25) is 4.79 Å². The predicted molar refractivity (Wildman–Crippen MR) is 99.3 cm³/mol. The Bertz CT molecular complexity index is 930. The van der Waals surface area contributed by atoms with E-state index in [4.69, 9.17) is 4.74 Å². The highest BCUT2D eigenvalue weighted by Crippen LogP contribution is 2.25. The van der Waals surface area contributed by atoms with Crippen LogP contribution in [0.15, 0.2) is 40.6 Å². The van der Waals surface area contributed by atoms with E-state index < -0.39 is 25.9 Å². The van der Waals surface area contributed by atoms with E-state index in [-0.39, 0.29) is 35.6 Å². The van der Waals surface area contributed by atoms with Crippen molar-refractivity contribution < 1.29 is 26.4 Å². The molecule has 2 heterocycles. The van der Waals surface area contributed by atoms with Crippen molar-refractivity contribution in [2.45, 2.75) is 23.8 Å². The van der Waals surface area contributed by atoms with Crippen LogP contribution in [0.3, 0.4) is 0 Å². The number of hydrogen-bond acceptors (Lipinski definition) is 6. The Morgan fingerprint density at radius 1 is 1.19 bits per heavy atom. The summed E-state index contributed by atoms with van der Waals surface area (Å²) in [7, 11) is -5.34. The van der Waals surface area contributed by atoms with Gasteiger partial charge in [0.2, 0.25) is 15.9 Å². The third kappa shape index (κ3) is 4.50. The van der Waals surface area contributed by atoms with Gasteiger partial charge in [0.1, 0.15) is 5.75 Å². The van der Waals surface area contributed by atoms with Gasteiger partial charge in [-0.15, -0.1) is 0 Å². The molecule has 1 fully saturated rings. The van der Waals surface area contributed by atoms with Gasteiger partial charge in [0, 0.05) is 24.4 Å². The first-order chi connectivity index (χ1) is 12.7. The van der Waals surface area contributed by atoms with Crippen LogP contribution in [0.1, 0.15) is 12.8 Å². The van der Waals surface area contributed by atoms with Crippen molar-refractivity contribution in [3.8, 4) is 5.75 Å². The molecule has 0 spiro atoms. The third-order valence-corrected chi connectivity index (χ3v) is 8.09. The summed E-state index contributed by atoms with van der Waals surface area (Å²) in [6.07, 6.45) is 2.26. The van der Waals surface area contributed by atoms with Crippen LogP contribution in [0, 0.1) is 5.92 Å². The summed E-state index contributed by atoms with van der Waals surface area (Å²) in [5.41, 5.74) is 0. The summed E-state index contributed by atoms with van der Waals surface area (Å²) in [4.78, 5) is 12.5. The molecule has 0 aromatic heterocycles. The maximum Gasteiger partial charge on any atom is 0.243 e. The predicted octanol–water partition coefficient (Wildman–Crippen LogP) is 0.523. The lowest BCUT2D eigenvalue weighted by atomic mass is 9.97.